The first-order chi connectivity index (χ1) is 11.0. The van der Waals surface area contributed by atoms with Crippen molar-refractivity contribution in [2.24, 2.45) is 0 Å². The van der Waals surface area contributed by atoms with E-state index in [1.54, 1.807) is 0 Å². The molecule has 0 saturated carbocycles. The highest BCUT2D eigenvalue weighted by Crippen LogP contribution is 2.25. The summed E-state index contributed by atoms with van der Waals surface area (Å²) in [5.41, 5.74) is -0.101. The Balaban J connectivity index is 1.86. The molecule has 0 aromatic carbocycles. The highest BCUT2D eigenvalue weighted by Gasteiger charge is 2.21. The molecule has 0 spiro atoms. The van der Waals surface area contributed by atoms with Gasteiger partial charge in [0.2, 0.25) is 0 Å². The summed E-state index contributed by atoms with van der Waals surface area (Å²) in [4.78, 5) is 22.3. The largest absolute Gasteiger partial charge is 0.481 e. The van der Waals surface area contributed by atoms with E-state index in [1.165, 1.54) is 0 Å². The lowest BCUT2D eigenvalue weighted by atomic mass is 10.2. The van der Waals surface area contributed by atoms with E-state index >= 15 is 0 Å². The normalized spacial score (nSPS) is 16.7. The van der Waals surface area contributed by atoms with E-state index in [2.05, 4.69) is 6.58 Å². The van der Waals surface area contributed by atoms with Crippen molar-refractivity contribution in [3.05, 3.63) is 35.8 Å². The molecule has 0 amide bonds. The van der Waals surface area contributed by atoms with Crippen LogP contribution >= 0.6 is 0 Å². The zero-order valence-electron chi connectivity index (χ0n) is 13.1. The van der Waals surface area contributed by atoms with Gasteiger partial charge in [-0.05, 0) is 37.8 Å². The number of carbonyl (C=O) groups excluding carboxylic acids is 1. The van der Waals surface area contributed by atoms with Gasteiger partial charge in [-0.3, -0.25) is 4.79 Å². The van der Waals surface area contributed by atoms with Crippen molar-refractivity contribution in [1.82, 2.24) is 0 Å². The number of ether oxygens (including phenoxy) is 3. The second-order valence-electron chi connectivity index (χ2n) is 5.56. The van der Waals surface area contributed by atoms with E-state index < -0.39 is 24.6 Å². The number of hydrogen-bond donors (Lipinski definition) is 1. The molecule has 2 rings (SSSR count). The molecule has 0 atom stereocenters. The van der Waals surface area contributed by atoms with Crippen LogP contribution in [0.4, 0.5) is 0 Å². The molecule has 6 heteroatoms. The molecule has 0 aromatic rings. The van der Waals surface area contributed by atoms with E-state index in [4.69, 9.17) is 19.3 Å². The minimum absolute atomic E-state index is 0.101. The van der Waals surface area contributed by atoms with Crippen LogP contribution in [0.2, 0.25) is 0 Å². The van der Waals surface area contributed by atoms with Gasteiger partial charge in [0, 0.05) is 18.4 Å². The molecule has 0 heterocycles. The Kier molecular flexibility index (Phi) is 6.26. The van der Waals surface area contributed by atoms with Crippen LogP contribution in [0.5, 0.6) is 0 Å². The predicted molar refractivity (Wildman–Crippen MR) is 82.2 cm³/mol. The van der Waals surface area contributed by atoms with Gasteiger partial charge in [0.05, 0.1) is 17.9 Å². The Hall–Kier alpha value is -2.24. The van der Waals surface area contributed by atoms with Gasteiger partial charge < -0.3 is 19.3 Å². The third-order valence-corrected chi connectivity index (χ3v) is 3.57. The molecule has 0 radical (unpaired) electrons. The van der Waals surface area contributed by atoms with Gasteiger partial charge in [-0.1, -0.05) is 6.58 Å². The van der Waals surface area contributed by atoms with Crippen molar-refractivity contribution < 1.29 is 28.9 Å². The lowest BCUT2D eigenvalue weighted by molar-refractivity contribution is -0.160. The number of carboxylic acids is 1. The summed E-state index contributed by atoms with van der Waals surface area (Å²) >= 11 is 0. The molecule has 0 fully saturated rings. The number of carboxylic acid groups (broad SMARTS) is 1. The van der Waals surface area contributed by atoms with Crippen LogP contribution in [0.25, 0.3) is 0 Å². The van der Waals surface area contributed by atoms with Crippen molar-refractivity contribution in [1.29, 1.82) is 0 Å². The maximum atomic E-state index is 11.7. The Morgan fingerprint density at radius 3 is 2.13 bits per heavy atom. The average molecular weight is 322 g/mol. The maximum Gasteiger partial charge on any atom is 0.334 e. The second kappa shape index (κ2) is 8.41. The summed E-state index contributed by atoms with van der Waals surface area (Å²) in [6.07, 6.45) is 8.57. The lowest BCUT2D eigenvalue weighted by Gasteiger charge is -2.21. The van der Waals surface area contributed by atoms with E-state index in [9.17, 15) is 9.59 Å². The summed E-state index contributed by atoms with van der Waals surface area (Å²) in [6.45, 7) is 3.31. The lowest BCUT2D eigenvalue weighted by Crippen LogP contribution is -2.25. The fraction of sp³-hybridized carbons (Fsp3) is 0.529. The number of aliphatic carboxylic acids is 1. The van der Waals surface area contributed by atoms with Crippen molar-refractivity contribution >= 4 is 11.9 Å². The van der Waals surface area contributed by atoms with Gasteiger partial charge in [0.1, 0.15) is 0 Å². The highest BCUT2D eigenvalue weighted by atomic mass is 16.7. The molecule has 126 valence electrons. The first-order valence-corrected chi connectivity index (χ1v) is 7.82. The number of esters is 1. The van der Waals surface area contributed by atoms with Gasteiger partial charge in [-0.15, -0.1) is 0 Å². The van der Waals surface area contributed by atoms with Gasteiger partial charge in [-0.2, -0.15) is 0 Å². The van der Waals surface area contributed by atoms with Crippen LogP contribution in [0.1, 0.15) is 44.9 Å². The Labute approximate surface area is 135 Å². The van der Waals surface area contributed by atoms with Crippen molar-refractivity contribution in [3.63, 3.8) is 0 Å². The molecule has 0 aliphatic heterocycles. The van der Waals surface area contributed by atoms with Crippen LogP contribution < -0.4 is 0 Å². The van der Waals surface area contributed by atoms with Crippen LogP contribution in [0.15, 0.2) is 35.8 Å². The van der Waals surface area contributed by atoms with Gasteiger partial charge >= 0.3 is 11.9 Å². The van der Waals surface area contributed by atoms with E-state index in [-0.39, 0.29) is 12.2 Å². The second-order valence-corrected chi connectivity index (χ2v) is 5.56. The van der Waals surface area contributed by atoms with Crippen LogP contribution in [0.3, 0.4) is 0 Å². The fourth-order valence-corrected chi connectivity index (χ4v) is 2.43. The summed E-state index contributed by atoms with van der Waals surface area (Å²) in [5.74, 6) is -0.184. The molecule has 2 aliphatic carbocycles. The topological polar surface area (TPSA) is 82.1 Å². The number of hydrogen-bond acceptors (Lipinski definition) is 5. The molecule has 0 unspecified atom stereocenters. The third-order valence-electron chi connectivity index (χ3n) is 3.57. The van der Waals surface area contributed by atoms with Crippen molar-refractivity contribution in [2.45, 2.75) is 51.2 Å². The molecule has 23 heavy (non-hydrogen) atoms. The van der Waals surface area contributed by atoms with Crippen LogP contribution in [0, 0.1) is 0 Å². The molecule has 1 N–H and O–H groups in total. The summed E-state index contributed by atoms with van der Waals surface area (Å²) in [5, 5.41) is 8.66. The summed E-state index contributed by atoms with van der Waals surface area (Å²) in [6, 6.07) is 0. The zero-order valence-corrected chi connectivity index (χ0v) is 13.1. The first kappa shape index (κ1) is 17.1. The van der Waals surface area contributed by atoms with Gasteiger partial charge in [-0.25, -0.2) is 4.79 Å². The fourth-order valence-electron chi connectivity index (χ4n) is 2.43. The molecular formula is C17H22O6. The number of allylic oxidation sites excluding steroid dienone is 4. The molecule has 0 saturated heterocycles. The number of carbonyl (C=O) groups is 2. The zero-order chi connectivity index (χ0) is 16.7. The average Bonchev–Trinajstić information content (AvgIpc) is 3.17. The monoisotopic (exact) mass is 322 g/mol. The minimum atomic E-state index is -1.12. The van der Waals surface area contributed by atoms with Crippen molar-refractivity contribution in [3.8, 4) is 0 Å². The van der Waals surface area contributed by atoms with E-state index in [0.717, 1.165) is 50.0 Å². The summed E-state index contributed by atoms with van der Waals surface area (Å²) in [7, 11) is 0. The number of rotatable bonds is 9. The first-order valence-electron chi connectivity index (χ1n) is 7.82. The van der Waals surface area contributed by atoms with E-state index in [0.29, 0.717) is 0 Å². The predicted octanol–water partition coefficient (Wildman–Crippen LogP) is 3.06. The van der Waals surface area contributed by atoms with Crippen LogP contribution in [-0.4, -0.2) is 29.9 Å². The standard InChI is InChI=1S/C17H22O6/c1-12(10-15(18)19)17(20)21-11-16(22-13-6-2-3-7-13)23-14-8-4-5-9-14/h6,8,16H,1-5,7,9-11H2,(H,18,19). The quantitative estimate of drug-likeness (QED) is 0.399. The Bertz CT molecular complexity index is 505. The van der Waals surface area contributed by atoms with Crippen molar-refractivity contribution in [2.75, 3.05) is 6.61 Å². The summed E-state index contributed by atoms with van der Waals surface area (Å²) < 4.78 is 16.6. The Morgan fingerprint density at radius 1 is 1.13 bits per heavy atom. The smallest absolute Gasteiger partial charge is 0.334 e. The van der Waals surface area contributed by atoms with Gasteiger partial charge in [0.25, 0.3) is 6.29 Å². The third kappa shape index (κ3) is 5.81. The van der Waals surface area contributed by atoms with E-state index in [1.807, 2.05) is 12.2 Å². The van der Waals surface area contributed by atoms with Gasteiger partial charge in [0.15, 0.2) is 6.61 Å². The maximum absolute atomic E-state index is 11.7. The SMILES string of the molecule is C=C(CC(=O)O)C(=O)OCC(OC1=CCCC1)OC1=CCCC1. The molecule has 2 aliphatic rings. The minimum Gasteiger partial charge on any atom is -0.481 e. The Morgan fingerprint density at radius 2 is 1.70 bits per heavy atom. The highest BCUT2D eigenvalue weighted by molar-refractivity contribution is 5.92. The molecule has 0 aromatic heterocycles. The molecule has 6 nitrogen and oxygen atoms in total. The molecular weight excluding hydrogens is 300 g/mol. The molecule has 0 bridgehead atoms. The van der Waals surface area contributed by atoms with Crippen LogP contribution in [-0.2, 0) is 23.8 Å².